The van der Waals surface area contributed by atoms with Crippen molar-refractivity contribution in [1.29, 1.82) is 0 Å². The Bertz CT molecular complexity index is 1390. The summed E-state index contributed by atoms with van der Waals surface area (Å²) in [6.45, 7) is -0.730. The summed E-state index contributed by atoms with van der Waals surface area (Å²) in [5, 5.41) is 6.24. The van der Waals surface area contributed by atoms with E-state index in [0.717, 1.165) is 49.8 Å². The number of carbonyl (C=O) groups excluding carboxylic acids is 2. The molecule has 2 aromatic rings. The van der Waals surface area contributed by atoms with Gasteiger partial charge in [-0.1, -0.05) is 19.3 Å². The van der Waals surface area contributed by atoms with Crippen molar-refractivity contribution >= 4 is 35.0 Å². The number of aromatic nitrogens is 2. The third-order valence-corrected chi connectivity index (χ3v) is 8.77. The van der Waals surface area contributed by atoms with Crippen molar-refractivity contribution in [2.24, 2.45) is 0 Å². The smallest absolute Gasteiger partial charge is 0.342 e. The Morgan fingerprint density at radius 1 is 1.15 bits per heavy atom. The molecule has 0 radical (unpaired) electrons. The minimum atomic E-state index is -3.55. The van der Waals surface area contributed by atoms with Crippen LogP contribution in [0.5, 0.6) is 5.75 Å². The van der Waals surface area contributed by atoms with E-state index in [4.69, 9.17) is 4.74 Å². The number of methoxy groups -OCH3 is 1. The SMILES string of the molecule is COc1cc(C(=O)NC2CC3CC2=CN3C)ccc1Nc1ncc2c(n1)N(C1CCCCC1)CC(F)(F)C(=O)N2C. The molecule has 2 atom stereocenters. The standard InChI is InChI=1S/C29H35F2N7O3/c1-36-15-18-11-20(36)13-22(18)33-26(39)17-9-10-21(24(12-17)41-3)34-28-32-14-23-25(35-28)38(19-7-5-4-6-8-19)16-29(30,31)27(40)37(23)2/h9-10,12,14-15,19-20,22H,4-8,11,13,16H2,1-3H3,(H,33,39)(H,32,34,35). The van der Waals surface area contributed by atoms with E-state index in [9.17, 15) is 18.4 Å². The molecule has 2 saturated carbocycles. The van der Waals surface area contributed by atoms with Gasteiger partial charge in [-0.3, -0.25) is 9.59 Å². The van der Waals surface area contributed by atoms with E-state index in [1.54, 1.807) is 23.1 Å². The van der Waals surface area contributed by atoms with Crippen LogP contribution in [-0.4, -0.2) is 78.5 Å². The fraction of sp³-hybridized carbons (Fsp3) is 0.517. The quantitative estimate of drug-likeness (QED) is 0.539. The van der Waals surface area contributed by atoms with Crippen molar-refractivity contribution in [3.8, 4) is 5.75 Å². The molecule has 10 nitrogen and oxygen atoms in total. The molecule has 1 aromatic heterocycles. The molecular formula is C29H35F2N7O3. The number of rotatable bonds is 6. The zero-order valence-electron chi connectivity index (χ0n) is 23.5. The number of alkyl halides is 2. The highest BCUT2D eigenvalue weighted by Gasteiger charge is 2.48. The predicted octanol–water partition coefficient (Wildman–Crippen LogP) is 4.07. The van der Waals surface area contributed by atoms with E-state index in [1.165, 1.54) is 25.9 Å². The zero-order chi connectivity index (χ0) is 28.9. The van der Waals surface area contributed by atoms with Gasteiger partial charge in [0.1, 0.15) is 11.4 Å². The maximum atomic E-state index is 15.0. The predicted molar refractivity (Wildman–Crippen MR) is 151 cm³/mol. The number of nitrogens with one attached hydrogen (secondary N) is 2. The summed E-state index contributed by atoms with van der Waals surface area (Å²) in [5.41, 5.74) is 2.45. The summed E-state index contributed by atoms with van der Waals surface area (Å²) in [6.07, 6.45) is 9.84. The Balaban J connectivity index is 1.25. The van der Waals surface area contributed by atoms with E-state index in [1.807, 2.05) is 0 Å². The number of benzene rings is 1. The first-order valence-corrected chi connectivity index (χ1v) is 14.1. The van der Waals surface area contributed by atoms with Crippen LogP contribution in [0.3, 0.4) is 0 Å². The molecule has 3 heterocycles. The molecule has 4 aliphatic rings. The van der Waals surface area contributed by atoms with Crippen molar-refractivity contribution in [2.75, 3.05) is 42.9 Å². The molecule has 1 aromatic carbocycles. The second-order valence-electron chi connectivity index (χ2n) is 11.4. The number of nitrogens with zero attached hydrogens (tertiary/aromatic N) is 5. The molecule has 0 saturated heterocycles. The van der Waals surface area contributed by atoms with Crippen LogP contribution in [0, 0.1) is 0 Å². The van der Waals surface area contributed by atoms with Crippen molar-refractivity contribution in [1.82, 2.24) is 20.2 Å². The Labute approximate surface area is 237 Å². The van der Waals surface area contributed by atoms with Crippen molar-refractivity contribution in [3.05, 3.63) is 41.7 Å². The second kappa shape index (κ2) is 10.5. The van der Waals surface area contributed by atoms with Gasteiger partial charge in [0.15, 0.2) is 5.82 Å². The lowest BCUT2D eigenvalue weighted by molar-refractivity contribution is -0.140. The molecule has 2 N–H and O–H groups in total. The molecule has 2 unspecified atom stereocenters. The van der Waals surface area contributed by atoms with Crippen molar-refractivity contribution < 1.29 is 23.1 Å². The Morgan fingerprint density at radius 2 is 1.93 bits per heavy atom. The van der Waals surface area contributed by atoms with Crippen LogP contribution in [0.1, 0.15) is 55.3 Å². The zero-order valence-corrected chi connectivity index (χ0v) is 23.5. The number of carbonyl (C=O) groups is 2. The van der Waals surface area contributed by atoms with Crippen LogP contribution in [0.2, 0.25) is 0 Å². The average molecular weight is 568 g/mol. The number of amides is 2. The normalized spacial score (nSPS) is 23.7. The van der Waals surface area contributed by atoms with Gasteiger partial charge >= 0.3 is 5.92 Å². The molecule has 41 heavy (non-hydrogen) atoms. The summed E-state index contributed by atoms with van der Waals surface area (Å²) in [7, 11) is 4.89. The lowest BCUT2D eigenvalue weighted by Crippen LogP contribution is -2.49. The topological polar surface area (TPSA) is 103 Å². The van der Waals surface area contributed by atoms with Gasteiger partial charge < -0.3 is 30.1 Å². The minimum absolute atomic E-state index is 0.0324. The minimum Gasteiger partial charge on any atom is -0.495 e. The Kier molecular flexibility index (Phi) is 6.95. The first-order chi connectivity index (χ1) is 19.6. The lowest BCUT2D eigenvalue weighted by atomic mass is 9.94. The van der Waals surface area contributed by atoms with Gasteiger partial charge in [-0.2, -0.15) is 13.8 Å². The number of fused-ring (bicyclic) bond motifs is 3. The maximum absolute atomic E-state index is 15.0. The summed E-state index contributed by atoms with van der Waals surface area (Å²) in [5.74, 6) is -4.14. The molecule has 2 aliphatic heterocycles. The molecule has 2 fully saturated rings. The van der Waals surface area contributed by atoms with Crippen LogP contribution < -0.4 is 25.2 Å². The van der Waals surface area contributed by atoms with Gasteiger partial charge in [-0.05, 0) is 49.5 Å². The van der Waals surface area contributed by atoms with Gasteiger partial charge in [0.25, 0.3) is 11.8 Å². The summed E-state index contributed by atoms with van der Waals surface area (Å²) in [4.78, 5) is 39.3. The summed E-state index contributed by atoms with van der Waals surface area (Å²) in [6, 6.07) is 5.38. The van der Waals surface area contributed by atoms with Gasteiger partial charge in [-0.25, -0.2) is 4.98 Å². The summed E-state index contributed by atoms with van der Waals surface area (Å²) >= 11 is 0. The fourth-order valence-corrected chi connectivity index (χ4v) is 6.47. The lowest BCUT2D eigenvalue weighted by Gasteiger charge is -2.35. The van der Waals surface area contributed by atoms with Crippen LogP contribution in [0.25, 0.3) is 0 Å². The number of halogens is 2. The highest BCUT2D eigenvalue weighted by molar-refractivity contribution is 6.02. The largest absolute Gasteiger partial charge is 0.495 e. The molecule has 0 spiro atoms. The molecule has 6 rings (SSSR count). The Morgan fingerprint density at radius 3 is 2.61 bits per heavy atom. The monoisotopic (exact) mass is 567 g/mol. The second-order valence-corrected chi connectivity index (χ2v) is 11.4. The first-order valence-electron chi connectivity index (χ1n) is 14.1. The highest BCUT2D eigenvalue weighted by atomic mass is 19.3. The van der Waals surface area contributed by atoms with Gasteiger partial charge in [0, 0.05) is 37.9 Å². The molecule has 2 aliphatic carbocycles. The third kappa shape index (κ3) is 5.04. The highest BCUT2D eigenvalue weighted by Crippen LogP contribution is 2.40. The fourth-order valence-electron chi connectivity index (χ4n) is 6.47. The maximum Gasteiger partial charge on any atom is 0.342 e. The third-order valence-electron chi connectivity index (χ3n) is 8.77. The van der Waals surface area contributed by atoms with E-state index in [2.05, 4.69) is 38.7 Å². The van der Waals surface area contributed by atoms with Crippen molar-refractivity contribution in [3.63, 3.8) is 0 Å². The Hall–Kier alpha value is -3.96. The van der Waals surface area contributed by atoms with Crippen LogP contribution in [0.15, 0.2) is 36.2 Å². The van der Waals surface area contributed by atoms with Gasteiger partial charge in [0.05, 0.1) is 31.6 Å². The van der Waals surface area contributed by atoms with Crippen LogP contribution in [-0.2, 0) is 4.79 Å². The molecular weight excluding hydrogens is 532 g/mol. The number of hydrogen-bond donors (Lipinski definition) is 2. The van der Waals surface area contributed by atoms with Gasteiger partial charge in [0.2, 0.25) is 5.95 Å². The average Bonchev–Trinajstić information content (AvgIpc) is 3.52. The number of hydrogen-bond acceptors (Lipinski definition) is 8. The van der Waals surface area contributed by atoms with E-state index >= 15 is 0 Å². The van der Waals surface area contributed by atoms with E-state index < -0.39 is 18.4 Å². The molecule has 2 amide bonds. The van der Waals surface area contributed by atoms with Crippen LogP contribution in [0.4, 0.5) is 31.9 Å². The molecule has 12 heteroatoms. The van der Waals surface area contributed by atoms with Crippen molar-refractivity contribution in [2.45, 2.75) is 69.0 Å². The number of anilines is 4. The van der Waals surface area contributed by atoms with Crippen LogP contribution >= 0.6 is 0 Å². The van der Waals surface area contributed by atoms with E-state index in [-0.39, 0.29) is 29.6 Å². The molecule has 2 bridgehead atoms. The number of ether oxygens (including phenoxy) is 1. The van der Waals surface area contributed by atoms with E-state index in [0.29, 0.717) is 28.9 Å². The molecule has 218 valence electrons. The van der Waals surface area contributed by atoms with Gasteiger partial charge in [-0.15, -0.1) is 0 Å². The first kappa shape index (κ1) is 27.2. The summed E-state index contributed by atoms with van der Waals surface area (Å²) < 4.78 is 35.5.